The monoisotopic (exact) mass is 220 g/mol. The van der Waals surface area contributed by atoms with E-state index in [1.165, 1.54) is 0 Å². The molecule has 0 unspecified atom stereocenters. The van der Waals surface area contributed by atoms with Crippen LogP contribution in [0.2, 0.25) is 0 Å². The maximum atomic E-state index is 11.6. The lowest BCUT2D eigenvalue weighted by Gasteiger charge is -2.06. The molecule has 0 aliphatic carbocycles. The second-order valence-corrected chi connectivity index (χ2v) is 4.05. The summed E-state index contributed by atoms with van der Waals surface area (Å²) in [5, 5.41) is 0. The van der Waals surface area contributed by atoms with E-state index in [9.17, 15) is 9.59 Å². The van der Waals surface area contributed by atoms with Crippen LogP contribution in [0.4, 0.5) is 0 Å². The van der Waals surface area contributed by atoms with Gasteiger partial charge in [0.15, 0.2) is 12.4 Å². The molecule has 0 saturated heterocycles. The summed E-state index contributed by atoms with van der Waals surface area (Å²) in [6.45, 7) is 5.24. The molecule has 0 aromatic heterocycles. The molecule has 0 saturated carbocycles. The van der Waals surface area contributed by atoms with E-state index in [2.05, 4.69) is 0 Å². The van der Waals surface area contributed by atoms with E-state index in [1.807, 2.05) is 19.1 Å². The molecule has 3 heteroatoms. The van der Waals surface area contributed by atoms with Crippen molar-refractivity contribution < 1.29 is 14.3 Å². The summed E-state index contributed by atoms with van der Waals surface area (Å²) in [5.41, 5.74) is 1.66. The number of carbonyl (C=O) groups excluding carboxylic acids is 2. The molecule has 0 N–H and O–H groups in total. The third kappa shape index (κ3) is 3.50. The second kappa shape index (κ2) is 5.45. The Balaban J connectivity index is 2.53. The van der Waals surface area contributed by atoms with E-state index >= 15 is 0 Å². The normalized spacial score (nSPS) is 10.2. The number of ether oxygens (including phenoxy) is 1. The van der Waals surface area contributed by atoms with Crippen LogP contribution in [0.5, 0.6) is 0 Å². The van der Waals surface area contributed by atoms with Crippen molar-refractivity contribution in [3.63, 3.8) is 0 Å². The van der Waals surface area contributed by atoms with E-state index < -0.39 is 0 Å². The summed E-state index contributed by atoms with van der Waals surface area (Å²) in [4.78, 5) is 22.8. The lowest BCUT2D eigenvalue weighted by atomic mass is 10.1. The quantitative estimate of drug-likeness (QED) is 0.578. The number of aryl methyl sites for hydroxylation is 1. The number of hydrogen-bond donors (Lipinski definition) is 0. The fourth-order valence-corrected chi connectivity index (χ4v) is 1.13. The van der Waals surface area contributed by atoms with Crippen LogP contribution in [-0.2, 0) is 9.53 Å². The lowest BCUT2D eigenvalue weighted by Crippen LogP contribution is -2.17. The highest BCUT2D eigenvalue weighted by Crippen LogP contribution is 2.05. The summed E-state index contributed by atoms with van der Waals surface area (Å²) < 4.78 is 4.86. The smallest absolute Gasteiger partial charge is 0.308 e. The molecule has 16 heavy (non-hydrogen) atoms. The zero-order chi connectivity index (χ0) is 12.1. The fraction of sp³-hybridized carbons (Fsp3) is 0.385. The Kier molecular flexibility index (Phi) is 4.23. The Morgan fingerprint density at radius 3 is 2.25 bits per heavy atom. The van der Waals surface area contributed by atoms with Gasteiger partial charge in [-0.25, -0.2) is 0 Å². The van der Waals surface area contributed by atoms with Crippen molar-refractivity contribution >= 4 is 11.8 Å². The number of rotatable bonds is 4. The lowest BCUT2D eigenvalue weighted by molar-refractivity contribution is -0.146. The zero-order valence-corrected chi connectivity index (χ0v) is 9.82. The van der Waals surface area contributed by atoms with Crippen LogP contribution in [0, 0.1) is 12.8 Å². The molecule has 0 aliphatic rings. The van der Waals surface area contributed by atoms with Crippen LogP contribution in [-0.4, -0.2) is 18.4 Å². The SMILES string of the molecule is Cc1ccc(C(=O)COC(=O)C(C)C)cc1. The minimum Gasteiger partial charge on any atom is -0.457 e. The Morgan fingerprint density at radius 2 is 1.75 bits per heavy atom. The van der Waals surface area contributed by atoms with Gasteiger partial charge in [-0.2, -0.15) is 0 Å². The number of esters is 1. The zero-order valence-electron chi connectivity index (χ0n) is 9.82. The predicted molar refractivity (Wildman–Crippen MR) is 61.3 cm³/mol. The molecule has 0 bridgehead atoms. The number of ketones is 1. The van der Waals surface area contributed by atoms with Gasteiger partial charge in [0.2, 0.25) is 0 Å². The third-order valence-corrected chi connectivity index (χ3v) is 2.19. The first-order valence-corrected chi connectivity index (χ1v) is 5.27. The molecule has 0 aliphatic heterocycles. The van der Waals surface area contributed by atoms with Gasteiger partial charge < -0.3 is 4.74 Å². The summed E-state index contributed by atoms with van der Waals surface area (Å²) in [5.74, 6) is -0.722. The third-order valence-electron chi connectivity index (χ3n) is 2.19. The van der Waals surface area contributed by atoms with E-state index in [-0.39, 0.29) is 24.3 Å². The molecule has 0 spiro atoms. The van der Waals surface area contributed by atoms with E-state index in [1.54, 1.807) is 26.0 Å². The Morgan fingerprint density at radius 1 is 1.19 bits per heavy atom. The highest BCUT2D eigenvalue weighted by Gasteiger charge is 2.12. The average Bonchev–Trinajstić information content (AvgIpc) is 2.26. The highest BCUT2D eigenvalue weighted by atomic mass is 16.5. The van der Waals surface area contributed by atoms with Gasteiger partial charge in [0.25, 0.3) is 0 Å². The van der Waals surface area contributed by atoms with Crippen molar-refractivity contribution in [2.45, 2.75) is 20.8 Å². The first-order chi connectivity index (χ1) is 7.50. The number of hydrogen-bond acceptors (Lipinski definition) is 3. The molecule has 0 atom stereocenters. The van der Waals surface area contributed by atoms with E-state index in [0.29, 0.717) is 5.56 Å². The second-order valence-electron chi connectivity index (χ2n) is 4.05. The van der Waals surface area contributed by atoms with Crippen LogP contribution < -0.4 is 0 Å². The summed E-state index contributed by atoms with van der Waals surface area (Å²) >= 11 is 0. The van der Waals surface area contributed by atoms with Crippen LogP contribution >= 0.6 is 0 Å². The average molecular weight is 220 g/mol. The van der Waals surface area contributed by atoms with E-state index in [4.69, 9.17) is 4.74 Å². The molecule has 0 radical (unpaired) electrons. The standard InChI is InChI=1S/C13H16O3/c1-9(2)13(15)16-8-12(14)11-6-4-10(3)5-7-11/h4-7,9H,8H2,1-3H3. The largest absolute Gasteiger partial charge is 0.457 e. The summed E-state index contributed by atoms with van der Waals surface area (Å²) in [6, 6.07) is 7.19. The van der Waals surface area contributed by atoms with Crippen molar-refractivity contribution in [1.29, 1.82) is 0 Å². The minimum atomic E-state index is -0.347. The van der Waals surface area contributed by atoms with Gasteiger partial charge in [0.1, 0.15) is 0 Å². The maximum Gasteiger partial charge on any atom is 0.308 e. The summed E-state index contributed by atoms with van der Waals surface area (Å²) in [6.07, 6.45) is 0. The molecule has 3 nitrogen and oxygen atoms in total. The van der Waals surface area contributed by atoms with Crippen LogP contribution in [0.15, 0.2) is 24.3 Å². The van der Waals surface area contributed by atoms with Gasteiger partial charge in [0.05, 0.1) is 5.92 Å². The number of benzene rings is 1. The number of Topliss-reactive ketones (excluding diaryl/α,β-unsaturated/α-hetero) is 1. The van der Waals surface area contributed by atoms with Crippen LogP contribution in [0.1, 0.15) is 29.8 Å². The first-order valence-electron chi connectivity index (χ1n) is 5.27. The van der Waals surface area contributed by atoms with Crippen LogP contribution in [0.25, 0.3) is 0 Å². The van der Waals surface area contributed by atoms with Crippen LogP contribution in [0.3, 0.4) is 0 Å². The molecule has 1 rings (SSSR count). The highest BCUT2D eigenvalue weighted by molar-refractivity contribution is 5.98. The molecule has 1 aromatic rings. The van der Waals surface area contributed by atoms with Gasteiger partial charge in [0, 0.05) is 5.56 Å². The first kappa shape index (κ1) is 12.4. The Bertz CT molecular complexity index is 377. The van der Waals surface area contributed by atoms with Crippen molar-refractivity contribution in [3.8, 4) is 0 Å². The topological polar surface area (TPSA) is 43.4 Å². The molecule has 1 aromatic carbocycles. The molecule has 0 fully saturated rings. The molecular formula is C13H16O3. The summed E-state index contributed by atoms with van der Waals surface area (Å²) in [7, 11) is 0. The fourth-order valence-electron chi connectivity index (χ4n) is 1.13. The van der Waals surface area contributed by atoms with Crippen molar-refractivity contribution in [2.75, 3.05) is 6.61 Å². The predicted octanol–water partition coefficient (Wildman–Crippen LogP) is 2.38. The Labute approximate surface area is 95.4 Å². The van der Waals surface area contributed by atoms with Gasteiger partial charge in [-0.1, -0.05) is 43.7 Å². The molecule has 86 valence electrons. The van der Waals surface area contributed by atoms with Gasteiger partial charge in [-0.05, 0) is 6.92 Å². The van der Waals surface area contributed by atoms with Gasteiger partial charge >= 0.3 is 5.97 Å². The molecule has 0 amide bonds. The minimum absolute atomic E-state index is 0.172. The van der Waals surface area contributed by atoms with Crippen molar-refractivity contribution in [3.05, 3.63) is 35.4 Å². The van der Waals surface area contributed by atoms with Gasteiger partial charge in [-0.15, -0.1) is 0 Å². The maximum absolute atomic E-state index is 11.6. The van der Waals surface area contributed by atoms with E-state index in [0.717, 1.165) is 5.56 Å². The number of carbonyl (C=O) groups is 2. The van der Waals surface area contributed by atoms with Gasteiger partial charge in [-0.3, -0.25) is 9.59 Å². The Hall–Kier alpha value is -1.64. The van der Waals surface area contributed by atoms with Crippen molar-refractivity contribution in [1.82, 2.24) is 0 Å². The molecule has 0 heterocycles. The van der Waals surface area contributed by atoms with Crippen molar-refractivity contribution in [2.24, 2.45) is 5.92 Å². The molecular weight excluding hydrogens is 204 g/mol.